The van der Waals surface area contributed by atoms with Gasteiger partial charge in [-0.2, -0.15) is 36.9 Å². The third kappa shape index (κ3) is 4.29. The average Bonchev–Trinajstić information content (AvgIpc) is 2.41. The van der Waals surface area contributed by atoms with Crippen molar-refractivity contribution in [3.63, 3.8) is 0 Å². The van der Waals surface area contributed by atoms with E-state index in [0.717, 1.165) is 19.1 Å². The molecule has 3 nitrogen and oxygen atoms in total. The molecule has 0 fully saturated rings. The number of nitriles is 2. The van der Waals surface area contributed by atoms with Gasteiger partial charge in [-0.25, -0.2) is 0 Å². The number of hydrogen-bond acceptors (Lipinski definition) is 3. The average molecular weight is 321 g/mol. The predicted molar refractivity (Wildman–Crippen MR) is 64.6 cm³/mol. The van der Waals surface area contributed by atoms with E-state index < -0.39 is 41.8 Å². The molecule has 0 bridgehead atoms. The topological polar surface area (TPSA) is 50.8 Å². The summed E-state index contributed by atoms with van der Waals surface area (Å²) < 4.78 is 76.2. The molecular formula is C13H9F6N3. The molecule has 0 amide bonds. The van der Waals surface area contributed by atoms with Crippen LogP contribution in [0.2, 0.25) is 0 Å². The van der Waals surface area contributed by atoms with Crippen LogP contribution >= 0.6 is 0 Å². The monoisotopic (exact) mass is 321 g/mol. The Hall–Kier alpha value is -2.42. The van der Waals surface area contributed by atoms with Crippen molar-refractivity contribution >= 4 is 5.69 Å². The molecule has 0 N–H and O–H groups in total. The Bertz CT molecular complexity index is 621. The summed E-state index contributed by atoms with van der Waals surface area (Å²) in [6.45, 7) is -0.442. The molecule has 1 aromatic carbocycles. The highest BCUT2D eigenvalue weighted by molar-refractivity contribution is 5.56. The van der Waals surface area contributed by atoms with Gasteiger partial charge in [0.15, 0.2) is 0 Å². The molecule has 1 atom stereocenters. The maximum Gasteiger partial charge on any atom is 0.417 e. The number of benzene rings is 1. The van der Waals surface area contributed by atoms with Gasteiger partial charge < -0.3 is 4.90 Å². The minimum atomic E-state index is -4.89. The van der Waals surface area contributed by atoms with E-state index in [1.807, 2.05) is 0 Å². The van der Waals surface area contributed by atoms with Crippen molar-refractivity contribution in [2.45, 2.75) is 25.3 Å². The molecule has 0 aliphatic rings. The maximum atomic E-state index is 12.8. The van der Waals surface area contributed by atoms with Gasteiger partial charge in [0.05, 0.1) is 23.3 Å². The van der Waals surface area contributed by atoms with E-state index in [2.05, 4.69) is 0 Å². The first kappa shape index (κ1) is 17.6. The second-order valence-electron chi connectivity index (χ2n) is 4.39. The normalized spacial score (nSPS) is 13.1. The zero-order valence-corrected chi connectivity index (χ0v) is 11.1. The van der Waals surface area contributed by atoms with E-state index in [1.165, 1.54) is 6.07 Å². The Balaban J connectivity index is 3.39. The largest absolute Gasteiger partial charge is 0.417 e. The number of anilines is 1. The molecular weight excluding hydrogens is 312 g/mol. The van der Waals surface area contributed by atoms with Gasteiger partial charge in [-0.15, -0.1) is 0 Å². The fraction of sp³-hybridized carbons (Fsp3) is 0.385. The minimum absolute atomic E-state index is 0.433. The first-order valence-corrected chi connectivity index (χ1v) is 5.84. The van der Waals surface area contributed by atoms with Gasteiger partial charge >= 0.3 is 12.4 Å². The number of rotatable bonds is 3. The van der Waals surface area contributed by atoms with Crippen molar-refractivity contribution in [2.75, 3.05) is 11.4 Å². The quantitative estimate of drug-likeness (QED) is 0.794. The molecule has 0 spiro atoms. The summed E-state index contributed by atoms with van der Waals surface area (Å²) >= 11 is 0. The SMILES string of the molecule is CC(C#N)N(CC(F)(F)F)c1ccc(C#N)c(C(F)(F)F)c1. The smallest absolute Gasteiger partial charge is 0.347 e. The lowest BCUT2D eigenvalue weighted by Crippen LogP contribution is -2.40. The summed E-state index contributed by atoms with van der Waals surface area (Å²) in [5.41, 5.74) is -2.48. The standard InChI is InChI=1S/C13H9F6N3/c1-8(5-20)22(7-12(14,15)16)10-3-2-9(6-21)11(4-10)13(17,18)19/h2-4,8H,7H2,1H3. The third-order valence-corrected chi connectivity index (χ3v) is 2.76. The number of halogens is 6. The van der Waals surface area contributed by atoms with Crippen LogP contribution in [0.4, 0.5) is 32.0 Å². The number of nitrogens with zero attached hydrogens (tertiary/aromatic N) is 3. The van der Waals surface area contributed by atoms with Crippen LogP contribution in [0, 0.1) is 22.7 Å². The molecule has 0 saturated heterocycles. The fourth-order valence-corrected chi connectivity index (χ4v) is 1.76. The molecule has 0 saturated carbocycles. The van der Waals surface area contributed by atoms with E-state index in [4.69, 9.17) is 10.5 Å². The van der Waals surface area contributed by atoms with Gasteiger partial charge in [0.1, 0.15) is 12.6 Å². The summed E-state index contributed by atoms with van der Waals surface area (Å²) in [7, 11) is 0. The van der Waals surface area contributed by atoms with Crippen molar-refractivity contribution in [1.82, 2.24) is 0 Å². The van der Waals surface area contributed by atoms with Crippen molar-refractivity contribution < 1.29 is 26.3 Å². The Morgan fingerprint density at radius 1 is 1.14 bits per heavy atom. The Morgan fingerprint density at radius 2 is 1.73 bits per heavy atom. The summed E-state index contributed by atoms with van der Waals surface area (Å²) in [6, 6.07) is 3.77. The van der Waals surface area contributed by atoms with E-state index >= 15 is 0 Å². The van der Waals surface area contributed by atoms with Crippen molar-refractivity contribution in [2.24, 2.45) is 0 Å². The van der Waals surface area contributed by atoms with E-state index in [-0.39, 0.29) is 0 Å². The molecule has 9 heteroatoms. The van der Waals surface area contributed by atoms with Crippen LogP contribution in [0.25, 0.3) is 0 Å². The van der Waals surface area contributed by atoms with Gasteiger partial charge in [-0.3, -0.25) is 0 Å². The minimum Gasteiger partial charge on any atom is -0.347 e. The van der Waals surface area contributed by atoms with Crippen LogP contribution in [0.15, 0.2) is 18.2 Å². The predicted octanol–water partition coefficient (Wildman–Crippen LogP) is 3.86. The first-order valence-electron chi connectivity index (χ1n) is 5.84. The van der Waals surface area contributed by atoms with Crippen LogP contribution in [-0.2, 0) is 6.18 Å². The van der Waals surface area contributed by atoms with Gasteiger partial charge in [-0.05, 0) is 25.1 Å². The lowest BCUT2D eigenvalue weighted by atomic mass is 10.1. The van der Waals surface area contributed by atoms with Crippen LogP contribution in [-0.4, -0.2) is 18.8 Å². The molecule has 0 aromatic heterocycles. The molecule has 0 aliphatic heterocycles. The van der Waals surface area contributed by atoms with Crippen LogP contribution in [0.5, 0.6) is 0 Å². The highest BCUT2D eigenvalue weighted by atomic mass is 19.4. The first-order chi connectivity index (χ1) is 9.99. The Labute approximate surface area is 122 Å². The zero-order valence-electron chi connectivity index (χ0n) is 11.1. The molecule has 1 aromatic rings. The highest BCUT2D eigenvalue weighted by Gasteiger charge is 2.37. The molecule has 1 unspecified atom stereocenters. The molecule has 0 aliphatic carbocycles. The molecule has 0 heterocycles. The summed E-state index contributed by atoms with van der Waals surface area (Å²) in [5, 5.41) is 17.4. The zero-order chi connectivity index (χ0) is 17.1. The van der Waals surface area contributed by atoms with Gasteiger partial charge in [0.25, 0.3) is 0 Å². The number of alkyl halides is 6. The van der Waals surface area contributed by atoms with Crippen molar-refractivity contribution in [3.8, 4) is 12.1 Å². The third-order valence-electron chi connectivity index (χ3n) is 2.76. The lowest BCUT2D eigenvalue weighted by Gasteiger charge is -2.28. The van der Waals surface area contributed by atoms with Crippen LogP contribution in [0.3, 0.4) is 0 Å². The fourth-order valence-electron chi connectivity index (χ4n) is 1.76. The van der Waals surface area contributed by atoms with Crippen LogP contribution < -0.4 is 4.90 Å². The molecule has 22 heavy (non-hydrogen) atoms. The van der Waals surface area contributed by atoms with Gasteiger partial charge in [0.2, 0.25) is 0 Å². The van der Waals surface area contributed by atoms with E-state index in [9.17, 15) is 26.3 Å². The van der Waals surface area contributed by atoms with E-state index in [1.54, 1.807) is 6.07 Å². The van der Waals surface area contributed by atoms with Crippen LogP contribution in [0.1, 0.15) is 18.1 Å². The molecule has 0 radical (unpaired) electrons. The Morgan fingerprint density at radius 3 is 2.14 bits per heavy atom. The summed E-state index contributed by atoms with van der Waals surface area (Å²) in [4.78, 5) is 0.496. The second kappa shape index (κ2) is 6.14. The van der Waals surface area contributed by atoms with Crippen molar-refractivity contribution in [3.05, 3.63) is 29.3 Å². The highest BCUT2D eigenvalue weighted by Crippen LogP contribution is 2.35. The van der Waals surface area contributed by atoms with E-state index in [0.29, 0.717) is 11.0 Å². The number of hydrogen-bond donors (Lipinski definition) is 0. The van der Waals surface area contributed by atoms with Gasteiger partial charge in [0, 0.05) is 5.69 Å². The maximum absolute atomic E-state index is 12.8. The second-order valence-corrected chi connectivity index (χ2v) is 4.39. The lowest BCUT2D eigenvalue weighted by molar-refractivity contribution is -0.137. The summed E-state index contributed by atoms with van der Waals surface area (Å²) in [6.07, 6.45) is -9.59. The Kier molecular flexibility index (Phi) is 4.92. The molecule has 1 rings (SSSR count). The van der Waals surface area contributed by atoms with Crippen molar-refractivity contribution in [1.29, 1.82) is 10.5 Å². The summed E-state index contributed by atoms with van der Waals surface area (Å²) in [5.74, 6) is 0. The molecule has 118 valence electrons. The van der Waals surface area contributed by atoms with Gasteiger partial charge in [-0.1, -0.05) is 0 Å².